The molecule has 1 atom stereocenters. The van der Waals surface area contributed by atoms with Gasteiger partial charge in [0.1, 0.15) is 10.7 Å². The third-order valence-electron chi connectivity index (χ3n) is 2.85. The van der Waals surface area contributed by atoms with Gasteiger partial charge < -0.3 is 10.5 Å². The second-order valence-corrected chi connectivity index (χ2v) is 6.31. The summed E-state index contributed by atoms with van der Waals surface area (Å²) in [5.41, 5.74) is 4.88. The summed E-state index contributed by atoms with van der Waals surface area (Å²) < 4.78 is 45.4. The van der Waals surface area contributed by atoms with Crippen molar-refractivity contribution in [3.05, 3.63) is 24.0 Å². The molecule has 3 N–H and O–H groups in total. The summed E-state index contributed by atoms with van der Waals surface area (Å²) >= 11 is 0. The van der Waals surface area contributed by atoms with Gasteiger partial charge in [-0.2, -0.15) is 0 Å². The number of nitrogen functional groups attached to an aromatic ring is 1. The van der Waals surface area contributed by atoms with Gasteiger partial charge in [-0.25, -0.2) is 17.5 Å². The van der Waals surface area contributed by atoms with E-state index in [0.717, 1.165) is 12.1 Å². The molecule has 18 heavy (non-hydrogen) atoms. The topological polar surface area (TPSA) is 81.4 Å². The number of benzene rings is 1. The van der Waals surface area contributed by atoms with Crippen LogP contribution < -0.4 is 10.5 Å². The number of nitrogens with two attached hydrogens (primary N) is 1. The van der Waals surface area contributed by atoms with Gasteiger partial charge in [-0.05, 0) is 31.5 Å². The molecule has 1 aliphatic heterocycles. The molecule has 1 aromatic rings. The summed E-state index contributed by atoms with van der Waals surface area (Å²) in [6, 6.07) is 3.50. The Labute approximate surface area is 105 Å². The van der Waals surface area contributed by atoms with Gasteiger partial charge >= 0.3 is 0 Å². The molecule has 1 aliphatic rings. The molecule has 5 nitrogen and oxygen atoms in total. The third kappa shape index (κ3) is 2.63. The summed E-state index contributed by atoms with van der Waals surface area (Å²) in [5, 5.41) is 0. The molecule has 1 aromatic carbocycles. The molecule has 0 aliphatic carbocycles. The van der Waals surface area contributed by atoms with E-state index in [1.54, 1.807) is 6.92 Å². The lowest BCUT2D eigenvalue weighted by molar-refractivity contribution is 0.178. The molecule has 1 fully saturated rings. The van der Waals surface area contributed by atoms with Crippen LogP contribution >= 0.6 is 0 Å². The van der Waals surface area contributed by atoms with Crippen molar-refractivity contribution in [2.24, 2.45) is 0 Å². The number of sulfonamides is 1. The first-order valence-corrected chi connectivity index (χ1v) is 6.97. The van der Waals surface area contributed by atoms with Gasteiger partial charge in [0.2, 0.25) is 10.0 Å². The van der Waals surface area contributed by atoms with Gasteiger partial charge in [-0.3, -0.25) is 0 Å². The van der Waals surface area contributed by atoms with Gasteiger partial charge in [-0.1, -0.05) is 0 Å². The van der Waals surface area contributed by atoms with Crippen molar-refractivity contribution >= 4 is 15.7 Å². The highest BCUT2D eigenvalue weighted by atomic mass is 32.2. The first-order chi connectivity index (χ1) is 8.32. The third-order valence-corrected chi connectivity index (χ3v) is 4.52. The van der Waals surface area contributed by atoms with Crippen LogP contribution in [-0.4, -0.2) is 27.2 Å². The quantitative estimate of drug-likeness (QED) is 0.801. The Hall–Kier alpha value is -1.18. The molecule has 1 heterocycles. The molecule has 0 aromatic heterocycles. The maximum absolute atomic E-state index is 13.6. The molecule has 100 valence electrons. The van der Waals surface area contributed by atoms with Gasteiger partial charge in [0.15, 0.2) is 0 Å². The van der Waals surface area contributed by atoms with E-state index in [1.807, 2.05) is 0 Å². The summed E-state index contributed by atoms with van der Waals surface area (Å²) in [6.45, 7) is 2.50. The van der Waals surface area contributed by atoms with E-state index in [0.29, 0.717) is 13.0 Å². The van der Waals surface area contributed by atoms with Crippen molar-refractivity contribution in [3.8, 4) is 0 Å². The number of nitrogens with one attached hydrogen (secondary N) is 1. The zero-order valence-corrected chi connectivity index (χ0v) is 10.8. The van der Waals surface area contributed by atoms with Crippen LogP contribution in [-0.2, 0) is 14.8 Å². The molecule has 1 unspecified atom stereocenters. The lowest BCUT2D eigenvalue weighted by atomic mass is 10.0. The minimum atomic E-state index is -3.91. The summed E-state index contributed by atoms with van der Waals surface area (Å²) in [6.07, 6.45) is 0.558. The number of rotatable bonds is 3. The average molecular weight is 274 g/mol. The van der Waals surface area contributed by atoms with Crippen LogP contribution in [0.4, 0.5) is 10.1 Å². The SMILES string of the molecule is CC1(NS(=O)(=O)c2ccc(N)cc2F)CCOC1. The van der Waals surface area contributed by atoms with Crippen molar-refractivity contribution < 1.29 is 17.5 Å². The molecule has 0 radical (unpaired) electrons. The van der Waals surface area contributed by atoms with E-state index in [1.165, 1.54) is 6.07 Å². The standard InChI is InChI=1S/C11H15FN2O3S/c1-11(4-5-17-7-11)14-18(15,16)10-3-2-8(13)6-9(10)12/h2-3,6,14H,4-5,7,13H2,1H3. The predicted molar refractivity (Wildman–Crippen MR) is 65.0 cm³/mol. The smallest absolute Gasteiger partial charge is 0.244 e. The normalized spacial score (nSPS) is 24.3. The minimum absolute atomic E-state index is 0.182. The minimum Gasteiger partial charge on any atom is -0.399 e. The van der Waals surface area contributed by atoms with Crippen LogP contribution in [0.2, 0.25) is 0 Å². The first kappa shape index (κ1) is 13.3. The highest BCUT2D eigenvalue weighted by molar-refractivity contribution is 7.89. The Bertz CT molecular complexity index is 553. The van der Waals surface area contributed by atoms with Crippen molar-refractivity contribution in [1.29, 1.82) is 0 Å². The monoisotopic (exact) mass is 274 g/mol. The van der Waals surface area contributed by atoms with Crippen LogP contribution in [0.5, 0.6) is 0 Å². The highest BCUT2D eigenvalue weighted by Gasteiger charge is 2.35. The van der Waals surface area contributed by atoms with Crippen LogP contribution in [0.1, 0.15) is 13.3 Å². The number of anilines is 1. The van der Waals surface area contributed by atoms with Crippen LogP contribution in [0.15, 0.2) is 23.1 Å². The predicted octanol–water partition coefficient (Wildman–Crippen LogP) is 0.865. The van der Waals surface area contributed by atoms with Crippen molar-refractivity contribution in [3.63, 3.8) is 0 Å². The Morgan fingerprint density at radius 3 is 2.78 bits per heavy atom. The number of halogens is 1. The maximum atomic E-state index is 13.6. The summed E-state index contributed by atoms with van der Waals surface area (Å²) in [5.74, 6) is -0.856. The average Bonchev–Trinajstić information content (AvgIpc) is 2.62. The zero-order valence-electron chi connectivity index (χ0n) is 9.94. The van der Waals surface area contributed by atoms with E-state index in [-0.39, 0.29) is 12.3 Å². The first-order valence-electron chi connectivity index (χ1n) is 5.49. The molecule has 1 saturated heterocycles. The van der Waals surface area contributed by atoms with Crippen LogP contribution in [0.25, 0.3) is 0 Å². The van der Waals surface area contributed by atoms with Gasteiger partial charge in [0.05, 0.1) is 12.1 Å². The molecule has 7 heteroatoms. The molecule has 0 spiro atoms. The van der Waals surface area contributed by atoms with E-state index in [9.17, 15) is 12.8 Å². The lowest BCUT2D eigenvalue weighted by Crippen LogP contribution is -2.46. The lowest BCUT2D eigenvalue weighted by Gasteiger charge is -2.23. The Morgan fingerprint density at radius 1 is 1.50 bits per heavy atom. The van der Waals surface area contributed by atoms with E-state index in [2.05, 4.69) is 4.72 Å². The molecule has 0 bridgehead atoms. The molecule has 2 rings (SSSR count). The maximum Gasteiger partial charge on any atom is 0.244 e. The Morgan fingerprint density at radius 2 is 2.22 bits per heavy atom. The number of hydrogen-bond donors (Lipinski definition) is 2. The summed E-state index contributed by atoms with van der Waals surface area (Å²) in [4.78, 5) is -0.398. The van der Waals surface area contributed by atoms with Gasteiger partial charge in [-0.15, -0.1) is 0 Å². The fraction of sp³-hybridized carbons (Fsp3) is 0.455. The fourth-order valence-corrected chi connectivity index (χ4v) is 3.34. The number of ether oxygens (including phenoxy) is 1. The second kappa shape index (κ2) is 4.49. The second-order valence-electron chi connectivity index (χ2n) is 4.66. The van der Waals surface area contributed by atoms with E-state index in [4.69, 9.17) is 10.5 Å². The van der Waals surface area contributed by atoms with Crippen molar-refractivity contribution in [1.82, 2.24) is 4.72 Å². The summed E-state index contributed by atoms with van der Waals surface area (Å²) in [7, 11) is -3.91. The molecular weight excluding hydrogens is 259 g/mol. The van der Waals surface area contributed by atoms with Crippen LogP contribution in [0.3, 0.4) is 0 Å². The Kier molecular flexibility index (Phi) is 3.31. The zero-order chi connectivity index (χ0) is 13.4. The van der Waals surface area contributed by atoms with Crippen molar-refractivity contribution in [2.45, 2.75) is 23.8 Å². The van der Waals surface area contributed by atoms with E-state index >= 15 is 0 Å². The highest BCUT2D eigenvalue weighted by Crippen LogP contribution is 2.23. The van der Waals surface area contributed by atoms with Gasteiger partial charge in [0.25, 0.3) is 0 Å². The van der Waals surface area contributed by atoms with Crippen molar-refractivity contribution in [2.75, 3.05) is 18.9 Å². The fourth-order valence-electron chi connectivity index (χ4n) is 1.86. The molecular formula is C11H15FN2O3S. The van der Waals surface area contributed by atoms with E-state index < -0.39 is 26.3 Å². The van der Waals surface area contributed by atoms with Gasteiger partial charge in [0, 0.05) is 12.3 Å². The Balaban J connectivity index is 2.30. The van der Waals surface area contributed by atoms with Crippen LogP contribution in [0, 0.1) is 5.82 Å². The largest absolute Gasteiger partial charge is 0.399 e. The molecule has 0 saturated carbocycles. The molecule has 0 amide bonds. The number of hydrogen-bond acceptors (Lipinski definition) is 4.